The maximum atomic E-state index is 5.95. The first-order valence-corrected chi connectivity index (χ1v) is 7.25. The van der Waals surface area contributed by atoms with Crippen LogP contribution in [0.25, 0.3) is 0 Å². The molecule has 0 amide bonds. The van der Waals surface area contributed by atoms with E-state index in [2.05, 4.69) is 28.7 Å². The number of nitrogens with zero attached hydrogens (tertiary/aromatic N) is 1. The maximum Gasteiger partial charge on any atom is 0.0478 e. The minimum absolute atomic E-state index is 0.437. The van der Waals surface area contributed by atoms with Crippen LogP contribution in [0.4, 0.5) is 0 Å². The zero-order valence-corrected chi connectivity index (χ0v) is 10.9. The van der Waals surface area contributed by atoms with Gasteiger partial charge < -0.3 is 5.73 Å². The fraction of sp³-hybridized carbons (Fsp3) is 0.692. The molecule has 0 aromatic carbocycles. The Kier molecular flexibility index (Phi) is 4.38. The normalized spacial score (nSPS) is 17.9. The van der Waals surface area contributed by atoms with Crippen molar-refractivity contribution in [3.8, 4) is 0 Å². The fourth-order valence-electron chi connectivity index (χ4n) is 2.25. The molecule has 0 spiro atoms. The summed E-state index contributed by atoms with van der Waals surface area (Å²) in [5, 5.41) is 4.40. The zero-order chi connectivity index (χ0) is 11.4. The summed E-state index contributed by atoms with van der Waals surface area (Å²) in [6.45, 7) is 5.41. The van der Waals surface area contributed by atoms with Gasteiger partial charge in [-0.3, -0.25) is 4.90 Å². The molecule has 2 N–H and O–H groups in total. The predicted octanol–water partition coefficient (Wildman–Crippen LogP) is 2.87. The van der Waals surface area contributed by atoms with Gasteiger partial charge in [-0.05, 0) is 54.1 Å². The minimum atomic E-state index is 0.437. The molecule has 2 nitrogen and oxygen atoms in total. The summed E-state index contributed by atoms with van der Waals surface area (Å²) in [5.41, 5.74) is 7.36. The number of thiophene rings is 1. The van der Waals surface area contributed by atoms with Crippen molar-refractivity contribution in [2.45, 2.75) is 32.2 Å². The first kappa shape index (κ1) is 12.1. The van der Waals surface area contributed by atoms with E-state index in [1.54, 1.807) is 11.3 Å². The quantitative estimate of drug-likeness (QED) is 0.791. The van der Waals surface area contributed by atoms with Gasteiger partial charge >= 0.3 is 0 Å². The molecule has 1 aliphatic rings. The Balaban J connectivity index is 2.02. The van der Waals surface area contributed by atoms with Crippen LogP contribution in [0.3, 0.4) is 0 Å². The van der Waals surface area contributed by atoms with Crippen LogP contribution in [0.2, 0.25) is 0 Å². The van der Waals surface area contributed by atoms with Crippen LogP contribution in [0.15, 0.2) is 16.8 Å². The van der Waals surface area contributed by atoms with Crippen molar-refractivity contribution in [3.63, 3.8) is 0 Å². The number of nitrogens with two attached hydrogens (primary N) is 1. The van der Waals surface area contributed by atoms with Crippen LogP contribution in [-0.2, 0) is 0 Å². The third-order valence-corrected chi connectivity index (χ3v) is 3.99. The van der Waals surface area contributed by atoms with Crippen LogP contribution in [0.5, 0.6) is 0 Å². The molecule has 0 aliphatic heterocycles. The molecule has 0 radical (unpaired) electrons. The molecule has 1 fully saturated rings. The van der Waals surface area contributed by atoms with Gasteiger partial charge in [-0.15, -0.1) is 0 Å². The third kappa shape index (κ3) is 3.06. The lowest BCUT2D eigenvalue weighted by Gasteiger charge is -2.30. The molecule has 1 heterocycles. The molecule has 0 saturated heterocycles. The van der Waals surface area contributed by atoms with Crippen molar-refractivity contribution < 1.29 is 0 Å². The Morgan fingerprint density at radius 1 is 1.56 bits per heavy atom. The van der Waals surface area contributed by atoms with Crippen LogP contribution in [0, 0.1) is 5.92 Å². The van der Waals surface area contributed by atoms with E-state index >= 15 is 0 Å². The van der Waals surface area contributed by atoms with Gasteiger partial charge in [0.25, 0.3) is 0 Å². The highest BCUT2D eigenvalue weighted by Gasteiger charge is 2.27. The third-order valence-electron chi connectivity index (χ3n) is 3.29. The monoisotopic (exact) mass is 238 g/mol. The van der Waals surface area contributed by atoms with Crippen molar-refractivity contribution in [3.05, 3.63) is 22.4 Å². The van der Waals surface area contributed by atoms with Gasteiger partial charge in [-0.1, -0.05) is 6.92 Å². The van der Waals surface area contributed by atoms with E-state index in [-0.39, 0.29) is 0 Å². The lowest BCUT2D eigenvalue weighted by atomic mass is 10.1. The van der Waals surface area contributed by atoms with Crippen LogP contribution in [-0.4, -0.2) is 24.5 Å². The smallest absolute Gasteiger partial charge is 0.0478 e. The SMILES string of the molecule is CCCN(CC1CC1)C(CN)c1ccsc1. The zero-order valence-electron chi connectivity index (χ0n) is 10.1. The number of hydrogen-bond donors (Lipinski definition) is 1. The van der Waals surface area contributed by atoms with E-state index in [1.807, 2.05) is 0 Å². The Morgan fingerprint density at radius 3 is 2.88 bits per heavy atom. The van der Waals surface area contributed by atoms with Crippen molar-refractivity contribution in [2.75, 3.05) is 19.6 Å². The molecule has 1 aromatic heterocycles. The summed E-state index contributed by atoms with van der Waals surface area (Å²) in [6.07, 6.45) is 4.05. The van der Waals surface area contributed by atoms with Gasteiger partial charge in [0.2, 0.25) is 0 Å². The van der Waals surface area contributed by atoms with Gasteiger partial charge in [0, 0.05) is 19.1 Å². The Hall–Kier alpha value is -0.380. The Morgan fingerprint density at radius 2 is 2.38 bits per heavy atom. The summed E-state index contributed by atoms with van der Waals surface area (Å²) in [7, 11) is 0. The lowest BCUT2D eigenvalue weighted by Crippen LogP contribution is -2.35. The second-order valence-corrected chi connectivity index (χ2v) is 5.53. The van der Waals surface area contributed by atoms with Crippen LogP contribution >= 0.6 is 11.3 Å². The summed E-state index contributed by atoms with van der Waals surface area (Å²) in [6, 6.07) is 2.66. The van der Waals surface area contributed by atoms with Crippen LogP contribution < -0.4 is 5.73 Å². The molecular weight excluding hydrogens is 216 g/mol. The summed E-state index contributed by atoms with van der Waals surface area (Å²) in [5.74, 6) is 0.944. The molecule has 2 rings (SSSR count). The highest BCUT2D eigenvalue weighted by molar-refractivity contribution is 7.07. The molecule has 16 heavy (non-hydrogen) atoms. The van der Waals surface area contributed by atoms with E-state index in [9.17, 15) is 0 Å². The van der Waals surface area contributed by atoms with E-state index in [1.165, 1.54) is 37.9 Å². The first-order chi connectivity index (χ1) is 7.85. The molecule has 1 saturated carbocycles. The molecule has 3 heteroatoms. The molecule has 90 valence electrons. The maximum absolute atomic E-state index is 5.95. The van der Waals surface area contributed by atoms with Gasteiger partial charge in [-0.2, -0.15) is 11.3 Å². The first-order valence-electron chi connectivity index (χ1n) is 6.31. The Bertz CT molecular complexity index is 293. The van der Waals surface area contributed by atoms with E-state index < -0.39 is 0 Å². The lowest BCUT2D eigenvalue weighted by molar-refractivity contribution is 0.193. The molecule has 1 aliphatic carbocycles. The van der Waals surface area contributed by atoms with Gasteiger partial charge in [0.05, 0.1) is 0 Å². The minimum Gasteiger partial charge on any atom is -0.329 e. The number of rotatable bonds is 7. The summed E-state index contributed by atoms with van der Waals surface area (Å²) < 4.78 is 0. The van der Waals surface area contributed by atoms with Crippen molar-refractivity contribution >= 4 is 11.3 Å². The fourth-order valence-corrected chi connectivity index (χ4v) is 2.96. The molecule has 1 aromatic rings. The summed E-state index contributed by atoms with van der Waals surface area (Å²) >= 11 is 1.77. The van der Waals surface area contributed by atoms with Crippen molar-refractivity contribution in [2.24, 2.45) is 11.7 Å². The van der Waals surface area contributed by atoms with E-state index in [0.29, 0.717) is 6.04 Å². The highest BCUT2D eigenvalue weighted by atomic mass is 32.1. The molecule has 0 bridgehead atoms. The molecule has 1 atom stereocenters. The van der Waals surface area contributed by atoms with Gasteiger partial charge in [0.1, 0.15) is 0 Å². The topological polar surface area (TPSA) is 29.3 Å². The second-order valence-electron chi connectivity index (χ2n) is 4.75. The van der Waals surface area contributed by atoms with Crippen LogP contribution in [0.1, 0.15) is 37.8 Å². The van der Waals surface area contributed by atoms with Crippen molar-refractivity contribution in [1.29, 1.82) is 0 Å². The van der Waals surface area contributed by atoms with E-state index in [0.717, 1.165) is 12.5 Å². The molecule has 1 unspecified atom stereocenters. The van der Waals surface area contributed by atoms with E-state index in [4.69, 9.17) is 5.73 Å². The standard InChI is InChI=1S/C13H22N2S/c1-2-6-15(9-11-3-4-11)13(8-14)12-5-7-16-10-12/h5,7,10-11,13H,2-4,6,8-9,14H2,1H3. The van der Waals surface area contributed by atoms with Crippen molar-refractivity contribution in [1.82, 2.24) is 4.90 Å². The largest absolute Gasteiger partial charge is 0.329 e. The average molecular weight is 238 g/mol. The highest BCUT2D eigenvalue weighted by Crippen LogP contribution is 2.33. The second kappa shape index (κ2) is 5.80. The van der Waals surface area contributed by atoms with Gasteiger partial charge in [-0.25, -0.2) is 0 Å². The molecular formula is C13H22N2S. The van der Waals surface area contributed by atoms with Gasteiger partial charge in [0.15, 0.2) is 0 Å². The summed E-state index contributed by atoms with van der Waals surface area (Å²) in [4.78, 5) is 2.58. The Labute approximate surface area is 102 Å². The average Bonchev–Trinajstić information content (AvgIpc) is 2.94. The predicted molar refractivity (Wildman–Crippen MR) is 70.7 cm³/mol. The number of hydrogen-bond acceptors (Lipinski definition) is 3.